The predicted octanol–water partition coefficient (Wildman–Crippen LogP) is 0.737. The third-order valence-electron chi connectivity index (χ3n) is 4.06. The minimum Gasteiger partial charge on any atom is -0.461 e. The fraction of sp³-hybridized carbons (Fsp3) is 0.444. The number of hydrogen-bond donors (Lipinski definition) is 2. The number of esters is 1. The number of methoxy groups -OCH3 is 1. The molecule has 0 saturated heterocycles. The van der Waals surface area contributed by atoms with Gasteiger partial charge in [-0.3, -0.25) is 4.98 Å². The molecule has 0 spiro atoms. The summed E-state index contributed by atoms with van der Waals surface area (Å²) in [7, 11) is -1.80. The molecule has 2 heterocycles. The zero-order valence-corrected chi connectivity index (χ0v) is 17.6. The first-order valence-corrected chi connectivity index (χ1v) is 10.4. The third-order valence-corrected chi connectivity index (χ3v) is 5.54. The molecular formula is C18H24FN3O7S. The van der Waals surface area contributed by atoms with Crippen molar-refractivity contribution in [3.8, 4) is 0 Å². The zero-order valence-electron chi connectivity index (χ0n) is 16.7. The number of sulfonamides is 1. The largest absolute Gasteiger partial charge is 0.461 e. The number of aromatic nitrogens is 2. The third kappa shape index (κ3) is 5.40. The summed E-state index contributed by atoms with van der Waals surface area (Å²) < 4.78 is 58.8. The van der Waals surface area contributed by atoms with E-state index in [-0.39, 0.29) is 13.4 Å². The predicted molar refractivity (Wildman–Crippen MR) is 102 cm³/mol. The number of nitrogens with one attached hydrogen (secondary N) is 1. The van der Waals surface area contributed by atoms with E-state index in [1.807, 2.05) is 0 Å². The van der Waals surface area contributed by atoms with Gasteiger partial charge in [-0.1, -0.05) is 6.07 Å². The first-order valence-electron chi connectivity index (χ1n) is 8.93. The van der Waals surface area contributed by atoms with Crippen molar-refractivity contribution in [3.05, 3.63) is 47.8 Å². The van der Waals surface area contributed by atoms with Gasteiger partial charge in [-0.15, -0.1) is 0 Å². The Morgan fingerprint density at radius 2 is 2.13 bits per heavy atom. The SMILES string of the molecule is CCOC(=O)c1c(F)c(S(=O)(=O)NC(CO)C(OCOC)c2ccccn2)cn1C. The molecule has 2 rings (SSSR count). The highest BCUT2D eigenvalue weighted by Gasteiger charge is 2.34. The van der Waals surface area contributed by atoms with Crippen LogP contribution in [0.4, 0.5) is 4.39 Å². The standard InChI is InChI=1S/C18H24FN3O7S/c1-4-28-18(24)16-15(19)14(9-22(16)2)30(25,26)21-13(10-23)17(29-11-27-3)12-7-5-6-8-20-12/h5-9,13,17,21,23H,4,10-11H2,1-3H3. The molecule has 166 valence electrons. The Balaban J connectivity index is 2.37. The second kappa shape index (κ2) is 10.6. The Morgan fingerprint density at radius 1 is 1.40 bits per heavy atom. The number of rotatable bonds is 11. The Hall–Kier alpha value is -2.38. The maximum atomic E-state index is 14.8. The number of aliphatic hydroxyl groups is 1. The summed E-state index contributed by atoms with van der Waals surface area (Å²) in [6.07, 6.45) is 1.40. The Kier molecular flexibility index (Phi) is 8.43. The van der Waals surface area contributed by atoms with Gasteiger partial charge in [0, 0.05) is 26.6 Å². The van der Waals surface area contributed by atoms with Crippen molar-refractivity contribution in [2.24, 2.45) is 7.05 Å². The van der Waals surface area contributed by atoms with E-state index in [2.05, 4.69) is 9.71 Å². The van der Waals surface area contributed by atoms with Crippen molar-refractivity contribution in [3.63, 3.8) is 0 Å². The smallest absolute Gasteiger partial charge is 0.358 e. The number of halogens is 1. The lowest BCUT2D eigenvalue weighted by molar-refractivity contribution is -0.0892. The minimum atomic E-state index is -4.49. The van der Waals surface area contributed by atoms with Crippen LogP contribution in [0.5, 0.6) is 0 Å². The Labute approximate surface area is 173 Å². The number of carbonyl (C=O) groups is 1. The molecule has 30 heavy (non-hydrogen) atoms. The van der Waals surface area contributed by atoms with Crippen LogP contribution in [-0.4, -0.2) is 62.2 Å². The van der Waals surface area contributed by atoms with E-state index in [9.17, 15) is 22.7 Å². The second-order valence-corrected chi connectivity index (χ2v) is 7.83. The topological polar surface area (TPSA) is 129 Å². The van der Waals surface area contributed by atoms with Crippen molar-refractivity contribution in [2.45, 2.75) is 24.0 Å². The summed E-state index contributed by atoms with van der Waals surface area (Å²) in [6, 6.07) is 3.69. The summed E-state index contributed by atoms with van der Waals surface area (Å²) in [5.74, 6) is -2.25. The lowest BCUT2D eigenvalue weighted by atomic mass is 10.1. The molecule has 0 bridgehead atoms. The highest BCUT2D eigenvalue weighted by molar-refractivity contribution is 7.89. The van der Waals surface area contributed by atoms with Gasteiger partial charge in [0.05, 0.1) is 24.9 Å². The molecule has 0 saturated carbocycles. The van der Waals surface area contributed by atoms with Crippen LogP contribution in [0.2, 0.25) is 0 Å². The molecule has 12 heteroatoms. The number of nitrogens with zero attached hydrogens (tertiary/aromatic N) is 2. The average Bonchev–Trinajstić information content (AvgIpc) is 3.03. The molecule has 0 aromatic carbocycles. The lowest BCUT2D eigenvalue weighted by Gasteiger charge is -2.25. The Bertz CT molecular complexity index is 950. The molecule has 0 aliphatic heterocycles. The summed E-state index contributed by atoms with van der Waals surface area (Å²) >= 11 is 0. The van der Waals surface area contributed by atoms with Gasteiger partial charge in [0.15, 0.2) is 11.5 Å². The fourth-order valence-corrected chi connectivity index (χ4v) is 4.09. The summed E-state index contributed by atoms with van der Waals surface area (Å²) in [5, 5.41) is 9.81. The fourth-order valence-electron chi connectivity index (χ4n) is 2.74. The summed E-state index contributed by atoms with van der Waals surface area (Å²) in [4.78, 5) is 15.3. The number of pyridine rings is 1. The van der Waals surface area contributed by atoms with Crippen LogP contribution in [-0.2, 0) is 31.3 Å². The molecule has 2 aromatic rings. The molecule has 10 nitrogen and oxygen atoms in total. The van der Waals surface area contributed by atoms with Crippen LogP contribution in [0, 0.1) is 5.82 Å². The van der Waals surface area contributed by atoms with E-state index in [1.165, 1.54) is 20.4 Å². The first-order chi connectivity index (χ1) is 14.3. The van der Waals surface area contributed by atoms with Crippen molar-refractivity contribution < 1.29 is 36.9 Å². The maximum Gasteiger partial charge on any atom is 0.358 e. The maximum absolute atomic E-state index is 14.8. The van der Waals surface area contributed by atoms with Crippen LogP contribution in [0.1, 0.15) is 29.2 Å². The van der Waals surface area contributed by atoms with E-state index in [4.69, 9.17) is 14.2 Å². The van der Waals surface area contributed by atoms with E-state index in [1.54, 1.807) is 25.1 Å². The zero-order chi connectivity index (χ0) is 22.3. The Morgan fingerprint density at radius 3 is 2.70 bits per heavy atom. The van der Waals surface area contributed by atoms with Crippen LogP contribution in [0.25, 0.3) is 0 Å². The molecule has 0 fully saturated rings. The lowest BCUT2D eigenvalue weighted by Crippen LogP contribution is -2.43. The van der Waals surface area contributed by atoms with Gasteiger partial charge in [0.2, 0.25) is 10.0 Å². The summed E-state index contributed by atoms with van der Waals surface area (Å²) in [5.41, 5.74) is -0.202. The van der Waals surface area contributed by atoms with Gasteiger partial charge >= 0.3 is 5.97 Å². The van der Waals surface area contributed by atoms with Crippen molar-refractivity contribution in [1.29, 1.82) is 0 Å². The molecule has 2 N–H and O–H groups in total. The molecule has 2 aromatic heterocycles. The van der Waals surface area contributed by atoms with Crippen LogP contribution in [0.15, 0.2) is 35.5 Å². The van der Waals surface area contributed by atoms with E-state index < -0.39 is 51.2 Å². The minimum absolute atomic E-state index is 0.00102. The van der Waals surface area contributed by atoms with Gasteiger partial charge in [0.1, 0.15) is 17.8 Å². The van der Waals surface area contributed by atoms with Crippen LogP contribution in [0.3, 0.4) is 0 Å². The van der Waals surface area contributed by atoms with Gasteiger partial charge in [-0.05, 0) is 19.1 Å². The van der Waals surface area contributed by atoms with Gasteiger partial charge in [0.25, 0.3) is 0 Å². The number of ether oxygens (including phenoxy) is 3. The molecule has 2 unspecified atom stereocenters. The molecule has 2 atom stereocenters. The summed E-state index contributed by atoms with van der Waals surface area (Å²) in [6.45, 7) is 0.663. The molecule has 0 radical (unpaired) electrons. The quantitative estimate of drug-likeness (QED) is 0.383. The number of aliphatic hydroxyl groups excluding tert-OH is 1. The molecule has 0 amide bonds. The highest BCUT2D eigenvalue weighted by Crippen LogP contribution is 2.24. The first kappa shape index (κ1) is 23.9. The van der Waals surface area contributed by atoms with Gasteiger partial charge < -0.3 is 23.9 Å². The van der Waals surface area contributed by atoms with E-state index in [0.29, 0.717) is 5.69 Å². The average molecular weight is 445 g/mol. The van der Waals surface area contributed by atoms with Crippen molar-refractivity contribution in [2.75, 3.05) is 27.1 Å². The van der Waals surface area contributed by atoms with Crippen molar-refractivity contribution in [1.82, 2.24) is 14.3 Å². The van der Waals surface area contributed by atoms with E-state index >= 15 is 0 Å². The second-order valence-electron chi connectivity index (χ2n) is 6.15. The normalized spacial score (nSPS) is 13.8. The molecule has 0 aliphatic carbocycles. The monoisotopic (exact) mass is 445 g/mol. The number of carbonyl (C=O) groups excluding carboxylic acids is 1. The molecular weight excluding hydrogens is 421 g/mol. The number of aryl methyl sites for hydroxylation is 1. The van der Waals surface area contributed by atoms with Crippen LogP contribution < -0.4 is 4.72 Å². The highest BCUT2D eigenvalue weighted by atomic mass is 32.2. The van der Waals surface area contributed by atoms with Gasteiger partial charge in [-0.25, -0.2) is 22.3 Å². The van der Waals surface area contributed by atoms with Crippen molar-refractivity contribution >= 4 is 16.0 Å². The van der Waals surface area contributed by atoms with Crippen LogP contribution >= 0.6 is 0 Å². The molecule has 0 aliphatic rings. The van der Waals surface area contributed by atoms with E-state index in [0.717, 1.165) is 10.8 Å². The number of hydrogen-bond acceptors (Lipinski definition) is 8. The van der Waals surface area contributed by atoms with Gasteiger partial charge in [-0.2, -0.15) is 0 Å².